The lowest BCUT2D eigenvalue weighted by Gasteiger charge is -2.06. The number of rotatable bonds is 2. The van der Waals surface area contributed by atoms with Gasteiger partial charge in [-0.3, -0.25) is 0 Å². The maximum atomic E-state index is 11.3. The van der Waals surface area contributed by atoms with Gasteiger partial charge in [0.25, 0.3) is 9.05 Å². The van der Waals surface area contributed by atoms with Crippen molar-refractivity contribution in [1.82, 2.24) is 0 Å². The second-order valence-electron chi connectivity index (χ2n) is 3.54. The Hall–Kier alpha value is -1.27. The molecule has 17 heavy (non-hydrogen) atoms. The van der Waals surface area contributed by atoms with Crippen molar-refractivity contribution in [3.05, 3.63) is 23.8 Å². The number of benzene rings is 1. The highest BCUT2D eigenvalue weighted by atomic mass is 35.7. The Morgan fingerprint density at radius 3 is 2.82 bits per heavy atom. The molecule has 7 heteroatoms. The van der Waals surface area contributed by atoms with Crippen LogP contribution in [0.25, 0.3) is 0 Å². The van der Waals surface area contributed by atoms with Crippen molar-refractivity contribution in [2.45, 2.75) is 17.4 Å². The molecule has 2 rings (SSSR count). The van der Waals surface area contributed by atoms with E-state index in [1.165, 1.54) is 25.3 Å². The van der Waals surface area contributed by atoms with Crippen molar-refractivity contribution in [2.24, 2.45) is 0 Å². The standard InChI is InChI=1S/C10H9ClO5S/c1-15-10(12)9-5-6-4-7(17(11,13)14)2-3-8(6)16-9/h2-4,9H,5H2,1H3. The number of carbonyl (C=O) groups is 1. The van der Waals surface area contributed by atoms with Crippen LogP contribution in [0.15, 0.2) is 23.1 Å². The minimum absolute atomic E-state index is 0.00738. The van der Waals surface area contributed by atoms with E-state index in [-0.39, 0.29) is 11.3 Å². The summed E-state index contributed by atoms with van der Waals surface area (Å²) in [6.07, 6.45) is -0.439. The molecule has 5 nitrogen and oxygen atoms in total. The topological polar surface area (TPSA) is 69.7 Å². The first-order valence-electron chi connectivity index (χ1n) is 4.74. The van der Waals surface area contributed by atoms with Gasteiger partial charge in [-0.2, -0.15) is 0 Å². The Bertz CT molecular complexity index is 566. The summed E-state index contributed by atoms with van der Waals surface area (Å²) < 4.78 is 32.1. The van der Waals surface area contributed by atoms with Gasteiger partial charge in [-0.15, -0.1) is 0 Å². The van der Waals surface area contributed by atoms with Crippen LogP contribution < -0.4 is 4.74 Å². The van der Waals surface area contributed by atoms with Crippen molar-refractivity contribution in [3.8, 4) is 5.75 Å². The van der Waals surface area contributed by atoms with Gasteiger partial charge in [0.1, 0.15) is 5.75 Å². The Balaban J connectivity index is 2.31. The fraction of sp³-hybridized carbons (Fsp3) is 0.300. The third kappa shape index (κ3) is 2.37. The average molecular weight is 277 g/mol. The van der Waals surface area contributed by atoms with Gasteiger partial charge >= 0.3 is 5.97 Å². The molecule has 1 heterocycles. The van der Waals surface area contributed by atoms with Crippen LogP contribution in [0, 0.1) is 0 Å². The summed E-state index contributed by atoms with van der Waals surface area (Å²) in [5.74, 6) is -0.0130. The predicted octanol–water partition coefficient (Wildman–Crippen LogP) is 1.09. The number of hydrogen-bond acceptors (Lipinski definition) is 5. The molecule has 0 bridgehead atoms. The molecule has 0 spiro atoms. The number of halogens is 1. The minimum atomic E-state index is -3.77. The molecule has 0 fully saturated rings. The minimum Gasteiger partial charge on any atom is -0.478 e. The molecule has 92 valence electrons. The third-order valence-electron chi connectivity index (χ3n) is 2.45. The van der Waals surface area contributed by atoms with E-state index in [0.29, 0.717) is 11.3 Å². The van der Waals surface area contributed by atoms with Gasteiger partial charge in [0.2, 0.25) is 0 Å². The van der Waals surface area contributed by atoms with Gasteiger partial charge in [0.05, 0.1) is 12.0 Å². The van der Waals surface area contributed by atoms with Gasteiger partial charge in [0, 0.05) is 17.1 Å². The molecule has 1 aliphatic heterocycles. The van der Waals surface area contributed by atoms with E-state index in [9.17, 15) is 13.2 Å². The van der Waals surface area contributed by atoms with Crippen molar-refractivity contribution in [1.29, 1.82) is 0 Å². The average Bonchev–Trinajstić information content (AvgIpc) is 2.69. The molecule has 0 N–H and O–H groups in total. The van der Waals surface area contributed by atoms with Crippen LogP contribution in [0.3, 0.4) is 0 Å². The molecule has 1 aromatic rings. The summed E-state index contributed by atoms with van der Waals surface area (Å²) in [6.45, 7) is 0. The predicted molar refractivity (Wildman–Crippen MR) is 59.6 cm³/mol. The van der Waals surface area contributed by atoms with Crippen LogP contribution in [-0.4, -0.2) is 27.6 Å². The lowest BCUT2D eigenvalue weighted by molar-refractivity contribution is -0.147. The highest BCUT2D eigenvalue weighted by molar-refractivity contribution is 8.13. The number of hydrogen-bond donors (Lipinski definition) is 0. The lowest BCUT2D eigenvalue weighted by Crippen LogP contribution is -2.26. The van der Waals surface area contributed by atoms with Crippen LogP contribution in [0.2, 0.25) is 0 Å². The monoisotopic (exact) mass is 276 g/mol. The first-order valence-corrected chi connectivity index (χ1v) is 7.05. The number of methoxy groups -OCH3 is 1. The summed E-state index contributed by atoms with van der Waals surface area (Å²) in [6, 6.07) is 4.22. The van der Waals surface area contributed by atoms with E-state index < -0.39 is 21.1 Å². The third-order valence-corrected chi connectivity index (χ3v) is 3.80. The molecule has 0 aliphatic carbocycles. The highest BCUT2D eigenvalue weighted by Crippen LogP contribution is 2.32. The zero-order chi connectivity index (χ0) is 12.6. The van der Waals surface area contributed by atoms with Crippen molar-refractivity contribution in [3.63, 3.8) is 0 Å². The van der Waals surface area contributed by atoms with Crippen LogP contribution in [0.5, 0.6) is 5.75 Å². The molecule has 1 atom stereocenters. The van der Waals surface area contributed by atoms with Crippen LogP contribution in [0.1, 0.15) is 5.56 Å². The van der Waals surface area contributed by atoms with Crippen LogP contribution in [0.4, 0.5) is 0 Å². The fourth-order valence-electron chi connectivity index (χ4n) is 1.64. The smallest absolute Gasteiger partial charge is 0.347 e. The summed E-state index contributed by atoms with van der Waals surface area (Å²) in [4.78, 5) is 11.3. The first kappa shape index (κ1) is 12.2. The van der Waals surface area contributed by atoms with Crippen molar-refractivity contribution in [2.75, 3.05) is 7.11 Å². The normalized spacial score (nSPS) is 18.4. The summed E-state index contributed by atoms with van der Waals surface area (Å²) in [5.41, 5.74) is 0.627. The van der Waals surface area contributed by atoms with E-state index in [4.69, 9.17) is 15.4 Å². The maximum absolute atomic E-state index is 11.3. The number of fused-ring (bicyclic) bond motifs is 1. The van der Waals surface area contributed by atoms with Crippen molar-refractivity contribution < 1.29 is 22.7 Å². The Morgan fingerprint density at radius 2 is 2.24 bits per heavy atom. The molecular formula is C10H9ClO5S. The van der Waals surface area contributed by atoms with Gasteiger partial charge in [-0.1, -0.05) is 0 Å². The maximum Gasteiger partial charge on any atom is 0.347 e. The largest absolute Gasteiger partial charge is 0.478 e. The SMILES string of the molecule is COC(=O)C1Cc2cc(S(=O)(=O)Cl)ccc2O1. The van der Waals surface area contributed by atoms with E-state index in [1.807, 2.05) is 0 Å². The summed E-state index contributed by atoms with van der Waals surface area (Å²) >= 11 is 0. The highest BCUT2D eigenvalue weighted by Gasteiger charge is 2.30. The Kier molecular flexibility index (Phi) is 3.01. The van der Waals surface area contributed by atoms with Gasteiger partial charge < -0.3 is 9.47 Å². The Morgan fingerprint density at radius 1 is 1.53 bits per heavy atom. The molecule has 0 aromatic heterocycles. The van der Waals surface area contributed by atoms with Gasteiger partial charge in [-0.25, -0.2) is 13.2 Å². The first-order chi connectivity index (χ1) is 7.91. The molecule has 0 saturated heterocycles. The van der Waals surface area contributed by atoms with Gasteiger partial charge in [-0.05, 0) is 23.8 Å². The molecule has 1 aliphatic rings. The molecule has 0 saturated carbocycles. The Labute approximate surface area is 103 Å². The van der Waals surface area contributed by atoms with E-state index in [1.54, 1.807) is 0 Å². The summed E-state index contributed by atoms with van der Waals surface area (Å²) in [7, 11) is 2.73. The quantitative estimate of drug-likeness (QED) is 0.597. The van der Waals surface area contributed by atoms with Gasteiger partial charge in [0.15, 0.2) is 6.10 Å². The molecule has 0 amide bonds. The second-order valence-corrected chi connectivity index (χ2v) is 6.11. The number of carbonyl (C=O) groups excluding carboxylic acids is 1. The van der Waals surface area contributed by atoms with E-state index in [0.717, 1.165) is 0 Å². The molecule has 0 radical (unpaired) electrons. The van der Waals surface area contributed by atoms with E-state index >= 15 is 0 Å². The van der Waals surface area contributed by atoms with Crippen LogP contribution >= 0.6 is 10.7 Å². The molecule has 1 unspecified atom stereocenters. The number of ether oxygens (including phenoxy) is 2. The zero-order valence-electron chi connectivity index (χ0n) is 8.84. The lowest BCUT2D eigenvalue weighted by atomic mass is 10.1. The fourth-order valence-corrected chi connectivity index (χ4v) is 2.44. The zero-order valence-corrected chi connectivity index (χ0v) is 10.4. The van der Waals surface area contributed by atoms with Crippen molar-refractivity contribution >= 4 is 25.7 Å². The summed E-state index contributed by atoms with van der Waals surface area (Å²) in [5, 5.41) is 0. The molecular weight excluding hydrogens is 268 g/mol. The number of esters is 1. The molecule has 1 aromatic carbocycles. The second kappa shape index (κ2) is 4.19. The van der Waals surface area contributed by atoms with E-state index in [2.05, 4.69) is 4.74 Å². The van der Waals surface area contributed by atoms with Crippen LogP contribution in [-0.2, 0) is 25.0 Å².